The van der Waals surface area contributed by atoms with Crippen LogP contribution in [0.15, 0.2) is 40.1 Å². The van der Waals surface area contributed by atoms with Gasteiger partial charge >= 0.3 is 5.76 Å². The largest absolute Gasteiger partial charge is 0.417 e. The van der Waals surface area contributed by atoms with Crippen molar-refractivity contribution in [3.8, 4) is 0 Å². The van der Waals surface area contributed by atoms with Crippen LogP contribution in [-0.2, 0) is 9.59 Å². The van der Waals surface area contributed by atoms with Gasteiger partial charge in [0, 0.05) is 25.4 Å². The summed E-state index contributed by atoms with van der Waals surface area (Å²) >= 11 is 0. The highest BCUT2D eigenvalue weighted by atomic mass is 16.4. The predicted molar refractivity (Wildman–Crippen MR) is 88.3 cm³/mol. The van der Waals surface area contributed by atoms with Crippen LogP contribution < -0.4 is 11.1 Å². The molecule has 1 aliphatic heterocycles. The van der Waals surface area contributed by atoms with Gasteiger partial charge in [-0.05, 0) is 30.7 Å². The Bertz CT molecular complexity index is 845. The molecule has 1 saturated heterocycles. The predicted octanol–water partition coefficient (Wildman–Crippen LogP) is 1.33. The molecule has 2 heterocycles. The maximum Gasteiger partial charge on any atom is 0.417 e. The number of hydrogen-bond acceptors (Lipinski definition) is 4. The lowest BCUT2D eigenvalue weighted by Crippen LogP contribution is -2.50. The summed E-state index contributed by atoms with van der Waals surface area (Å²) in [6.45, 7) is 6.50. The molecule has 0 aliphatic carbocycles. The van der Waals surface area contributed by atoms with Crippen molar-refractivity contribution in [3.05, 3.63) is 47.0 Å². The van der Waals surface area contributed by atoms with Crippen molar-refractivity contribution in [1.82, 2.24) is 15.2 Å². The molecule has 7 heteroatoms. The van der Waals surface area contributed by atoms with Gasteiger partial charge < -0.3 is 14.6 Å². The molecule has 1 aliphatic rings. The van der Waals surface area contributed by atoms with Gasteiger partial charge in [-0.3, -0.25) is 14.6 Å². The molecule has 3 rings (SSSR count). The number of oxazole rings is 1. The molecule has 0 spiro atoms. The lowest BCUT2D eigenvalue weighted by molar-refractivity contribution is -0.135. The third-order valence-corrected chi connectivity index (χ3v) is 4.24. The van der Waals surface area contributed by atoms with E-state index >= 15 is 0 Å². The van der Waals surface area contributed by atoms with E-state index in [2.05, 4.69) is 16.9 Å². The van der Waals surface area contributed by atoms with Crippen molar-refractivity contribution in [2.24, 2.45) is 5.92 Å². The van der Waals surface area contributed by atoms with Gasteiger partial charge in [-0.25, -0.2) is 4.79 Å². The number of aromatic nitrogens is 1. The third kappa shape index (κ3) is 3.24. The monoisotopic (exact) mass is 329 g/mol. The Morgan fingerprint density at radius 3 is 2.96 bits per heavy atom. The summed E-state index contributed by atoms with van der Waals surface area (Å²) in [6, 6.07) is 5.13. The topological polar surface area (TPSA) is 95.4 Å². The van der Waals surface area contributed by atoms with E-state index in [0.717, 1.165) is 5.56 Å². The van der Waals surface area contributed by atoms with E-state index in [1.807, 2.05) is 13.0 Å². The molecule has 2 aromatic rings. The fraction of sp³-hybridized carbons (Fsp3) is 0.353. The quantitative estimate of drug-likeness (QED) is 0.809. The SMILES string of the molecule is C=CC(=O)N1CC(CC(=O)NC(C)c2ccc3[nH]c(=O)oc3c2)C1. The Labute approximate surface area is 138 Å². The van der Waals surface area contributed by atoms with Crippen LogP contribution in [-0.4, -0.2) is 34.8 Å². The maximum atomic E-state index is 12.1. The summed E-state index contributed by atoms with van der Waals surface area (Å²) in [7, 11) is 0. The third-order valence-electron chi connectivity index (χ3n) is 4.24. The van der Waals surface area contributed by atoms with Crippen molar-refractivity contribution in [3.63, 3.8) is 0 Å². The first-order chi connectivity index (χ1) is 11.5. The van der Waals surface area contributed by atoms with E-state index in [1.54, 1.807) is 17.0 Å². The second-order valence-electron chi connectivity index (χ2n) is 6.08. The maximum absolute atomic E-state index is 12.1. The number of carbonyl (C=O) groups is 2. The van der Waals surface area contributed by atoms with E-state index in [9.17, 15) is 14.4 Å². The minimum atomic E-state index is -0.498. The highest BCUT2D eigenvalue weighted by molar-refractivity contribution is 5.88. The minimum absolute atomic E-state index is 0.0613. The Balaban J connectivity index is 1.55. The van der Waals surface area contributed by atoms with Gasteiger partial charge in [0.05, 0.1) is 11.6 Å². The molecule has 7 nitrogen and oxygen atoms in total. The lowest BCUT2D eigenvalue weighted by Gasteiger charge is -2.38. The number of rotatable bonds is 5. The Kier molecular flexibility index (Phi) is 4.24. The molecular weight excluding hydrogens is 310 g/mol. The number of amides is 2. The molecule has 0 bridgehead atoms. The fourth-order valence-corrected chi connectivity index (χ4v) is 2.89. The number of likely N-dealkylation sites (tertiary alicyclic amines) is 1. The number of aromatic amines is 1. The van der Waals surface area contributed by atoms with Gasteiger partial charge in [0.2, 0.25) is 11.8 Å². The first-order valence-electron chi connectivity index (χ1n) is 7.79. The number of benzene rings is 1. The highest BCUT2D eigenvalue weighted by Crippen LogP contribution is 2.21. The van der Waals surface area contributed by atoms with Crippen LogP contribution in [0.3, 0.4) is 0 Å². The minimum Gasteiger partial charge on any atom is -0.408 e. The van der Waals surface area contributed by atoms with Crippen LogP contribution in [0.5, 0.6) is 0 Å². The average Bonchev–Trinajstić information content (AvgIpc) is 2.88. The van der Waals surface area contributed by atoms with Gasteiger partial charge in [0.15, 0.2) is 5.58 Å². The zero-order valence-corrected chi connectivity index (χ0v) is 13.4. The lowest BCUT2D eigenvalue weighted by atomic mass is 9.95. The number of hydrogen-bond donors (Lipinski definition) is 2. The Hall–Kier alpha value is -2.83. The van der Waals surface area contributed by atoms with Crippen molar-refractivity contribution in [2.75, 3.05) is 13.1 Å². The van der Waals surface area contributed by atoms with Gasteiger partial charge in [-0.1, -0.05) is 12.6 Å². The summed E-state index contributed by atoms with van der Waals surface area (Å²) in [6.07, 6.45) is 1.67. The second-order valence-corrected chi connectivity index (χ2v) is 6.08. The van der Waals surface area contributed by atoms with E-state index in [0.29, 0.717) is 30.6 Å². The molecule has 24 heavy (non-hydrogen) atoms. The van der Waals surface area contributed by atoms with Crippen molar-refractivity contribution >= 4 is 22.9 Å². The summed E-state index contributed by atoms with van der Waals surface area (Å²) in [5, 5.41) is 2.93. The summed E-state index contributed by atoms with van der Waals surface area (Å²) in [4.78, 5) is 38.9. The van der Waals surface area contributed by atoms with Gasteiger partial charge in [-0.2, -0.15) is 0 Å². The number of H-pyrrole nitrogens is 1. The molecule has 0 saturated carbocycles. The smallest absolute Gasteiger partial charge is 0.408 e. The van der Waals surface area contributed by atoms with Crippen LogP contribution >= 0.6 is 0 Å². The van der Waals surface area contributed by atoms with Crippen LogP contribution in [0.4, 0.5) is 0 Å². The van der Waals surface area contributed by atoms with Crippen molar-refractivity contribution in [2.45, 2.75) is 19.4 Å². The summed E-state index contributed by atoms with van der Waals surface area (Å²) in [5.41, 5.74) is 1.95. The van der Waals surface area contributed by atoms with Gasteiger partial charge in [-0.15, -0.1) is 0 Å². The summed E-state index contributed by atoms with van der Waals surface area (Å²) < 4.78 is 5.03. The van der Waals surface area contributed by atoms with E-state index in [-0.39, 0.29) is 23.8 Å². The highest BCUT2D eigenvalue weighted by Gasteiger charge is 2.31. The van der Waals surface area contributed by atoms with Crippen LogP contribution in [0.1, 0.15) is 24.9 Å². The van der Waals surface area contributed by atoms with E-state index in [1.165, 1.54) is 6.08 Å². The zero-order valence-electron chi connectivity index (χ0n) is 13.4. The normalized spacial score (nSPS) is 15.8. The number of carbonyl (C=O) groups excluding carboxylic acids is 2. The Morgan fingerprint density at radius 1 is 1.50 bits per heavy atom. The molecule has 1 aromatic carbocycles. The van der Waals surface area contributed by atoms with Crippen LogP contribution in [0.25, 0.3) is 11.1 Å². The van der Waals surface area contributed by atoms with Gasteiger partial charge in [0.25, 0.3) is 0 Å². The first-order valence-corrected chi connectivity index (χ1v) is 7.79. The fourth-order valence-electron chi connectivity index (χ4n) is 2.89. The molecule has 2 amide bonds. The number of nitrogens with one attached hydrogen (secondary N) is 2. The molecule has 1 atom stereocenters. The molecule has 126 valence electrons. The van der Waals surface area contributed by atoms with Crippen molar-refractivity contribution < 1.29 is 14.0 Å². The zero-order chi connectivity index (χ0) is 17.3. The molecular formula is C17H19N3O4. The standard InChI is InChI=1S/C17H19N3O4/c1-3-16(22)20-8-11(9-20)6-15(21)18-10(2)12-4-5-13-14(7-12)24-17(23)19-13/h3-5,7,10-11H,1,6,8-9H2,2H3,(H,18,21)(H,19,23). The molecule has 1 fully saturated rings. The second kappa shape index (κ2) is 6.35. The molecule has 1 aromatic heterocycles. The molecule has 2 N–H and O–H groups in total. The van der Waals surface area contributed by atoms with Crippen molar-refractivity contribution in [1.29, 1.82) is 0 Å². The number of fused-ring (bicyclic) bond motifs is 1. The molecule has 1 unspecified atom stereocenters. The Morgan fingerprint density at radius 2 is 2.25 bits per heavy atom. The van der Waals surface area contributed by atoms with E-state index < -0.39 is 5.76 Å². The van der Waals surface area contributed by atoms with Crippen LogP contribution in [0.2, 0.25) is 0 Å². The van der Waals surface area contributed by atoms with Crippen LogP contribution in [0, 0.1) is 5.92 Å². The molecule has 0 radical (unpaired) electrons. The van der Waals surface area contributed by atoms with Gasteiger partial charge in [0.1, 0.15) is 0 Å². The first kappa shape index (κ1) is 16.0. The summed E-state index contributed by atoms with van der Waals surface area (Å²) in [5.74, 6) is -0.469. The van der Waals surface area contributed by atoms with E-state index in [4.69, 9.17) is 4.42 Å². The number of nitrogens with zero attached hydrogens (tertiary/aromatic N) is 1. The average molecular weight is 329 g/mol.